The quantitative estimate of drug-likeness (QED) is 0.703. The van der Waals surface area contributed by atoms with Gasteiger partial charge in [0.25, 0.3) is 0 Å². The van der Waals surface area contributed by atoms with E-state index in [0.717, 1.165) is 47.0 Å². The molecule has 3 rings (SSSR count). The topological polar surface area (TPSA) is 43.0 Å². The molecule has 1 aromatic carbocycles. The number of fused-ring (bicyclic) bond motifs is 1. The molecule has 0 saturated carbocycles. The molecule has 3 aromatic rings. The van der Waals surface area contributed by atoms with Crippen molar-refractivity contribution in [1.82, 2.24) is 14.9 Å². The van der Waals surface area contributed by atoms with Crippen LogP contribution in [0.5, 0.6) is 0 Å². The van der Waals surface area contributed by atoms with E-state index in [4.69, 9.17) is 21.0 Å². The van der Waals surface area contributed by atoms with E-state index < -0.39 is 0 Å². The number of benzene rings is 1. The van der Waals surface area contributed by atoms with Crippen LogP contribution in [0.15, 0.2) is 41.0 Å². The van der Waals surface area contributed by atoms with Gasteiger partial charge in [0.1, 0.15) is 11.6 Å². The minimum Gasteiger partial charge on any atom is -0.468 e. The van der Waals surface area contributed by atoms with Gasteiger partial charge in [-0.1, -0.05) is 24.9 Å². The maximum Gasteiger partial charge on any atom is 0.123 e. The highest BCUT2D eigenvalue weighted by molar-refractivity contribution is 6.31. The predicted octanol–water partition coefficient (Wildman–Crippen LogP) is 4.37. The number of imidazole rings is 1. The molecule has 2 aromatic heterocycles. The normalized spacial score (nSPS) is 11.4. The third-order valence-electron chi connectivity index (χ3n) is 3.69. The van der Waals surface area contributed by atoms with Crippen molar-refractivity contribution in [3.63, 3.8) is 0 Å². The summed E-state index contributed by atoms with van der Waals surface area (Å²) >= 11 is 6.14. The van der Waals surface area contributed by atoms with Crippen LogP contribution in [0.3, 0.4) is 0 Å². The van der Waals surface area contributed by atoms with Crippen molar-refractivity contribution in [2.75, 3.05) is 0 Å². The van der Waals surface area contributed by atoms with E-state index in [1.165, 1.54) is 0 Å². The third kappa shape index (κ3) is 3.34. The van der Waals surface area contributed by atoms with Crippen molar-refractivity contribution in [3.8, 4) is 0 Å². The van der Waals surface area contributed by atoms with Crippen LogP contribution in [-0.4, -0.2) is 9.55 Å². The second kappa shape index (κ2) is 6.99. The summed E-state index contributed by atoms with van der Waals surface area (Å²) in [5, 5.41) is 4.14. The van der Waals surface area contributed by atoms with Gasteiger partial charge in [0.15, 0.2) is 0 Å². The van der Waals surface area contributed by atoms with E-state index in [0.29, 0.717) is 13.1 Å². The van der Waals surface area contributed by atoms with Gasteiger partial charge in [0.05, 0.1) is 30.4 Å². The Labute approximate surface area is 135 Å². The minimum absolute atomic E-state index is 0.699. The molecule has 116 valence electrons. The maximum atomic E-state index is 6.14. The van der Waals surface area contributed by atoms with Gasteiger partial charge in [-0.15, -0.1) is 0 Å². The Kier molecular flexibility index (Phi) is 4.80. The molecule has 0 spiro atoms. The Morgan fingerprint density at radius 2 is 2.18 bits per heavy atom. The minimum atomic E-state index is 0.699. The van der Waals surface area contributed by atoms with Crippen molar-refractivity contribution in [2.45, 2.75) is 39.4 Å². The van der Waals surface area contributed by atoms with Gasteiger partial charge in [-0.25, -0.2) is 4.98 Å². The number of halogens is 1. The summed E-state index contributed by atoms with van der Waals surface area (Å²) in [5.41, 5.74) is 2.10. The molecule has 1 N–H and O–H groups in total. The number of rotatable bonds is 7. The summed E-state index contributed by atoms with van der Waals surface area (Å²) in [6.07, 6.45) is 3.97. The second-order valence-electron chi connectivity index (χ2n) is 5.35. The van der Waals surface area contributed by atoms with Gasteiger partial charge in [-0.05, 0) is 36.8 Å². The fourth-order valence-electron chi connectivity index (χ4n) is 2.56. The maximum absolute atomic E-state index is 6.14. The van der Waals surface area contributed by atoms with Crippen molar-refractivity contribution in [1.29, 1.82) is 0 Å². The molecular formula is C17H20ClN3O. The molecule has 22 heavy (non-hydrogen) atoms. The van der Waals surface area contributed by atoms with E-state index in [1.807, 2.05) is 30.3 Å². The Balaban J connectivity index is 1.80. The van der Waals surface area contributed by atoms with E-state index in [2.05, 4.69) is 16.8 Å². The number of aryl methyl sites for hydroxylation is 1. The number of furan rings is 1. The lowest BCUT2D eigenvalue weighted by Gasteiger charge is -2.09. The van der Waals surface area contributed by atoms with Gasteiger partial charge < -0.3 is 14.3 Å². The van der Waals surface area contributed by atoms with Crippen molar-refractivity contribution in [2.24, 2.45) is 0 Å². The molecule has 5 heteroatoms. The Hall–Kier alpha value is -1.78. The first kappa shape index (κ1) is 15.1. The van der Waals surface area contributed by atoms with E-state index in [9.17, 15) is 0 Å². The van der Waals surface area contributed by atoms with Crippen LogP contribution in [0.1, 0.15) is 31.4 Å². The molecule has 0 unspecified atom stereocenters. The fraction of sp³-hybridized carbons (Fsp3) is 0.353. The van der Waals surface area contributed by atoms with Crippen LogP contribution in [0.25, 0.3) is 11.0 Å². The summed E-state index contributed by atoms with van der Waals surface area (Å²) < 4.78 is 7.60. The molecule has 0 fully saturated rings. The number of hydrogen-bond acceptors (Lipinski definition) is 3. The molecule has 0 bridgehead atoms. The molecule has 4 nitrogen and oxygen atoms in total. The predicted molar refractivity (Wildman–Crippen MR) is 88.9 cm³/mol. The summed E-state index contributed by atoms with van der Waals surface area (Å²) in [4.78, 5) is 4.74. The third-order valence-corrected chi connectivity index (χ3v) is 3.92. The molecule has 0 aliphatic rings. The van der Waals surface area contributed by atoms with Crippen LogP contribution in [-0.2, 0) is 19.6 Å². The Morgan fingerprint density at radius 1 is 1.27 bits per heavy atom. The van der Waals surface area contributed by atoms with Gasteiger partial charge in [0.2, 0.25) is 0 Å². The number of hydrogen-bond donors (Lipinski definition) is 1. The molecule has 2 heterocycles. The molecule has 0 radical (unpaired) electrons. The molecule has 0 saturated heterocycles. The van der Waals surface area contributed by atoms with Gasteiger partial charge in [-0.2, -0.15) is 0 Å². The number of unbranched alkanes of at least 4 members (excludes halogenated alkanes) is 1. The zero-order chi connectivity index (χ0) is 15.4. The molecule has 0 atom stereocenters. The van der Waals surface area contributed by atoms with Crippen LogP contribution in [0.2, 0.25) is 5.02 Å². The SMILES string of the molecule is CCCCn1c(CNCc2ccco2)nc2ccc(Cl)cc21. The smallest absolute Gasteiger partial charge is 0.123 e. The van der Waals surface area contributed by atoms with Crippen LogP contribution in [0.4, 0.5) is 0 Å². The molecule has 0 aliphatic heterocycles. The van der Waals surface area contributed by atoms with E-state index >= 15 is 0 Å². The fourth-order valence-corrected chi connectivity index (χ4v) is 2.72. The van der Waals surface area contributed by atoms with Crippen LogP contribution in [0, 0.1) is 0 Å². The van der Waals surface area contributed by atoms with E-state index in [-0.39, 0.29) is 0 Å². The standard InChI is InChI=1S/C17H20ClN3O/c1-2-3-8-21-16-10-13(18)6-7-15(16)20-17(21)12-19-11-14-5-4-9-22-14/h4-7,9-10,19H,2-3,8,11-12H2,1H3. The molecule has 0 amide bonds. The highest BCUT2D eigenvalue weighted by atomic mass is 35.5. The zero-order valence-electron chi connectivity index (χ0n) is 12.7. The lowest BCUT2D eigenvalue weighted by Crippen LogP contribution is -2.16. The first-order valence-corrected chi connectivity index (χ1v) is 8.03. The van der Waals surface area contributed by atoms with Crippen molar-refractivity contribution >= 4 is 22.6 Å². The molecular weight excluding hydrogens is 298 g/mol. The van der Waals surface area contributed by atoms with Crippen molar-refractivity contribution in [3.05, 3.63) is 53.2 Å². The number of aromatic nitrogens is 2. The average molecular weight is 318 g/mol. The summed E-state index contributed by atoms with van der Waals surface area (Å²) in [6, 6.07) is 9.73. The summed E-state index contributed by atoms with van der Waals surface area (Å²) in [7, 11) is 0. The van der Waals surface area contributed by atoms with Gasteiger partial charge in [-0.3, -0.25) is 0 Å². The number of nitrogens with one attached hydrogen (secondary N) is 1. The Morgan fingerprint density at radius 3 is 2.95 bits per heavy atom. The highest BCUT2D eigenvalue weighted by Gasteiger charge is 2.10. The second-order valence-corrected chi connectivity index (χ2v) is 5.79. The van der Waals surface area contributed by atoms with E-state index in [1.54, 1.807) is 6.26 Å². The average Bonchev–Trinajstić information content (AvgIpc) is 3.13. The Bertz CT molecular complexity index is 734. The first-order valence-electron chi connectivity index (χ1n) is 7.65. The van der Waals surface area contributed by atoms with Crippen molar-refractivity contribution < 1.29 is 4.42 Å². The largest absolute Gasteiger partial charge is 0.468 e. The highest BCUT2D eigenvalue weighted by Crippen LogP contribution is 2.21. The summed E-state index contributed by atoms with van der Waals surface area (Å²) in [5.74, 6) is 1.97. The lowest BCUT2D eigenvalue weighted by molar-refractivity contribution is 0.476. The number of nitrogens with zero attached hydrogens (tertiary/aromatic N) is 2. The van der Waals surface area contributed by atoms with Crippen LogP contribution < -0.4 is 5.32 Å². The summed E-state index contributed by atoms with van der Waals surface area (Å²) in [6.45, 7) is 4.56. The zero-order valence-corrected chi connectivity index (χ0v) is 13.4. The first-order chi connectivity index (χ1) is 10.8. The van der Waals surface area contributed by atoms with Gasteiger partial charge >= 0.3 is 0 Å². The monoisotopic (exact) mass is 317 g/mol. The lowest BCUT2D eigenvalue weighted by atomic mass is 10.3. The van der Waals surface area contributed by atoms with Crippen LogP contribution >= 0.6 is 11.6 Å². The van der Waals surface area contributed by atoms with Gasteiger partial charge in [0, 0.05) is 11.6 Å². The molecule has 0 aliphatic carbocycles.